The zero-order valence-electron chi connectivity index (χ0n) is 22.5. The number of carbonyl (C=O) groups excluding carboxylic acids is 2. The summed E-state index contributed by atoms with van der Waals surface area (Å²) >= 11 is 0. The van der Waals surface area contributed by atoms with E-state index in [0.717, 1.165) is 66.4 Å². The third kappa shape index (κ3) is 4.98. The average molecular weight is 528 g/mol. The van der Waals surface area contributed by atoms with Gasteiger partial charge in [0.05, 0.1) is 5.56 Å². The van der Waals surface area contributed by atoms with Crippen LogP contribution in [0.2, 0.25) is 0 Å². The van der Waals surface area contributed by atoms with E-state index in [4.69, 9.17) is 9.40 Å². The van der Waals surface area contributed by atoms with Crippen LogP contribution < -0.4 is 15.5 Å². The van der Waals surface area contributed by atoms with Gasteiger partial charge in [-0.1, -0.05) is 6.92 Å². The minimum atomic E-state index is 0.00550. The third-order valence-corrected chi connectivity index (χ3v) is 7.79. The van der Waals surface area contributed by atoms with Gasteiger partial charge in [-0.2, -0.15) is 0 Å². The van der Waals surface area contributed by atoms with Crippen LogP contribution in [0.5, 0.6) is 0 Å². The lowest BCUT2D eigenvalue weighted by Gasteiger charge is -2.25. The summed E-state index contributed by atoms with van der Waals surface area (Å²) in [6.45, 7) is 6.98. The van der Waals surface area contributed by atoms with Crippen LogP contribution in [0.4, 0.5) is 17.3 Å². The molecule has 1 aromatic carbocycles. The van der Waals surface area contributed by atoms with Gasteiger partial charge in [0, 0.05) is 74.9 Å². The number of anilines is 3. The van der Waals surface area contributed by atoms with Crippen molar-refractivity contribution in [3.63, 3.8) is 0 Å². The average Bonchev–Trinajstić information content (AvgIpc) is 3.74. The normalized spacial score (nSPS) is 17.9. The molecule has 1 aliphatic heterocycles. The number of fused-ring (bicyclic) bond motifs is 2. The largest absolute Gasteiger partial charge is 0.436 e. The molecule has 0 spiro atoms. The summed E-state index contributed by atoms with van der Waals surface area (Å²) < 4.78 is 6.21. The second kappa shape index (κ2) is 10.2. The Bertz CT molecular complexity index is 1560. The molecule has 6 rings (SSSR count). The second-order valence-corrected chi connectivity index (χ2v) is 10.5. The van der Waals surface area contributed by atoms with Crippen molar-refractivity contribution in [2.24, 2.45) is 11.8 Å². The molecule has 0 radical (unpaired) electrons. The first-order chi connectivity index (χ1) is 18.9. The SMILES string of the molecule is CCC1CN(C(C)=O)CCN(c2ccc3oc(-c4cnc(NC)c5cnc(NC(=O)C6CC6)cc45)nc3c2)C1. The lowest BCUT2D eigenvalue weighted by Crippen LogP contribution is -2.34. The van der Waals surface area contributed by atoms with Crippen LogP contribution in [-0.2, 0) is 9.59 Å². The van der Waals surface area contributed by atoms with Crippen molar-refractivity contribution < 1.29 is 14.0 Å². The number of hydrogen-bond acceptors (Lipinski definition) is 8. The highest BCUT2D eigenvalue weighted by atomic mass is 16.3. The van der Waals surface area contributed by atoms with Crippen molar-refractivity contribution in [1.29, 1.82) is 0 Å². The monoisotopic (exact) mass is 527 g/mol. The van der Waals surface area contributed by atoms with Crippen molar-refractivity contribution in [3.8, 4) is 11.5 Å². The molecule has 0 bridgehead atoms. The zero-order valence-corrected chi connectivity index (χ0v) is 22.5. The summed E-state index contributed by atoms with van der Waals surface area (Å²) in [4.78, 5) is 42.6. The van der Waals surface area contributed by atoms with E-state index in [1.54, 1.807) is 19.3 Å². The van der Waals surface area contributed by atoms with E-state index in [2.05, 4.69) is 44.6 Å². The van der Waals surface area contributed by atoms with Gasteiger partial charge in [-0.05, 0) is 49.4 Å². The summed E-state index contributed by atoms with van der Waals surface area (Å²) in [5.74, 6) is 2.27. The fraction of sp³-hybridized carbons (Fsp3) is 0.414. The van der Waals surface area contributed by atoms with Gasteiger partial charge in [0.15, 0.2) is 5.58 Å². The van der Waals surface area contributed by atoms with Crippen LogP contribution in [-0.4, -0.2) is 64.9 Å². The van der Waals surface area contributed by atoms with Crippen LogP contribution in [0.3, 0.4) is 0 Å². The van der Waals surface area contributed by atoms with Gasteiger partial charge in [0.2, 0.25) is 17.7 Å². The van der Waals surface area contributed by atoms with Crippen LogP contribution in [0.25, 0.3) is 33.3 Å². The van der Waals surface area contributed by atoms with Crippen LogP contribution in [0.15, 0.2) is 41.1 Å². The van der Waals surface area contributed by atoms with Gasteiger partial charge in [-0.25, -0.2) is 15.0 Å². The van der Waals surface area contributed by atoms with Crippen molar-refractivity contribution in [3.05, 3.63) is 36.7 Å². The Balaban J connectivity index is 1.35. The fourth-order valence-corrected chi connectivity index (χ4v) is 5.26. The van der Waals surface area contributed by atoms with Gasteiger partial charge >= 0.3 is 0 Å². The van der Waals surface area contributed by atoms with Crippen molar-refractivity contribution in [1.82, 2.24) is 19.9 Å². The van der Waals surface area contributed by atoms with E-state index in [-0.39, 0.29) is 17.7 Å². The molecule has 1 atom stereocenters. The Hall–Kier alpha value is -4.21. The molecular weight excluding hydrogens is 494 g/mol. The summed E-state index contributed by atoms with van der Waals surface area (Å²) in [7, 11) is 1.81. The lowest BCUT2D eigenvalue weighted by molar-refractivity contribution is -0.129. The lowest BCUT2D eigenvalue weighted by atomic mass is 10.1. The molecule has 4 heterocycles. The molecule has 1 aliphatic carbocycles. The zero-order chi connectivity index (χ0) is 27.1. The van der Waals surface area contributed by atoms with Crippen molar-refractivity contribution in [2.45, 2.75) is 33.1 Å². The molecule has 2 fully saturated rings. The first-order valence-electron chi connectivity index (χ1n) is 13.6. The predicted molar refractivity (Wildman–Crippen MR) is 152 cm³/mol. The summed E-state index contributed by atoms with van der Waals surface area (Å²) in [6.07, 6.45) is 6.32. The molecule has 1 saturated carbocycles. The van der Waals surface area contributed by atoms with E-state index in [0.29, 0.717) is 35.6 Å². The van der Waals surface area contributed by atoms with Crippen LogP contribution >= 0.6 is 0 Å². The first-order valence-corrected chi connectivity index (χ1v) is 13.6. The molecule has 2 N–H and O–H groups in total. The highest BCUT2D eigenvalue weighted by molar-refractivity contribution is 6.03. The van der Waals surface area contributed by atoms with E-state index < -0.39 is 0 Å². The number of oxazole rings is 1. The number of carbonyl (C=O) groups is 2. The van der Waals surface area contributed by atoms with Gasteiger partial charge in [-0.3, -0.25) is 9.59 Å². The third-order valence-electron chi connectivity index (χ3n) is 7.79. The quantitative estimate of drug-likeness (QED) is 0.376. The molecule has 10 nitrogen and oxygen atoms in total. The summed E-state index contributed by atoms with van der Waals surface area (Å²) in [5.41, 5.74) is 3.23. The van der Waals surface area contributed by atoms with E-state index >= 15 is 0 Å². The number of rotatable bonds is 6. The molecule has 202 valence electrons. The van der Waals surface area contributed by atoms with E-state index in [1.165, 1.54) is 0 Å². The molecular formula is C29H33N7O3. The maximum Gasteiger partial charge on any atom is 0.229 e. The second-order valence-electron chi connectivity index (χ2n) is 10.5. The summed E-state index contributed by atoms with van der Waals surface area (Å²) in [6, 6.07) is 7.93. The van der Waals surface area contributed by atoms with Gasteiger partial charge in [0.1, 0.15) is 17.2 Å². The first kappa shape index (κ1) is 25.1. The number of hydrogen-bond donors (Lipinski definition) is 2. The Morgan fingerprint density at radius 3 is 2.67 bits per heavy atom. The minimum Gasteiger partial charge on any atom is -0.436 e. The van der Waals surface area contributed by atoms with Gasteiger partial charge in [-0.15, -0.1) is 0 Å². The topological polar surface area (TPSA) is 116 Å². The number of amides is 2. The van der Waals surface area contributed by atoms with E-state index in [9.17, 15) is 9.59 Å². The maximum absolute atomic E-state index is 12.4. The Kier molecular flexibility index (Phi) is 6.54. The molecule has 39 heavy (non-hydrogen) atoms. The predicted octanol–water partition coefficient (Wildman–Crippen LogP) is 4.52. The number of nitrogens with zero attached hydrogens (tertiary/aromatic N) is 5. The Labute approximate surface area is 226 Å². The molecule has 2 amide bonds. The molecule has 4 aromatic rings. The number of benzene rings is 1. The maximum atomic E-state index is 12.4. The number of pyridine rings is 2. The molecule has 10 heteroatoms. The van der Waals surface area contributed by atoms with E-state index in [1.807, 2.05) is 24.1 Å². The minimum absolute atomic E-state index is 0.00550. The summed E-state index contributed by atoms with van der Waals surface area (Å²) in [5, 5.41) is 7.70. The molecule has 1 saturated heterocycles. The van der Waals surface area contributed by atoms with Crippen LogP contribution in [0.1, 0.15) is 33.1 Å². The van der Waals surface area contributed by atoms with Gasteiger partial charge < -0.3 is 24.9 Å². The number of nitrogens with one attached hydrogen (secondary N) is 2. The van der Waals surface area contributed by atoms with Gasteiger partial charge in [0.25, 0.3) is 0 Å². The fourth-order valence-electron chi connectivity index (χ4n) is 5.26. The molecule has 2 aliphatic rings. The standard InChI is InChI=1S/C29H33N7O3/c1-4-18-15-35(17(2)37)9-10-36(16-18)20-7-8-25-24(11-20)33-29(39-25)23-14-32-27(30-3)22-13-31-26(12-21(22)23)34-28(38)19-5-6-19/h7-8,11-14,18-19H,4-6,9-10,15-16H2,1-3H3,(H,30,32)(H,31,34,38). The number of aromatic nitrogens is 3. The Morgan fingerprint density at radius 1 is 1.08 bits per heavy atom. The van der Waals surface area contributed by atoms with Crippen LogP contribution in [0, 0.1) is 11.8 Å². The Morgan fingerprint density at radius 2 is 1.92 bits per heavy atom. The highest BCUT2D eigenvalue weighted by Gasteiger charge is 2.30. The highest BCUT2D eigenvalue weighted by Crippen LogP contribution is 2.35. The smallest absolute Gasteiger partial charge is 0.229 e. The van der Waals surface area contributed by atoms with Crippen molar-refractivity contribution in [2.75, 3.05) is 48.8 Å². The van der Waals surface area contributed by atoms with Crippen molar-refractivity contribution >= 4 is 51.0 Å². The molecule has 1 unspecified atom stereocenters. The molecule has 3 aromatic heterocycles.